The largest absolute Gasteiger partial charge is 0.497 e. The average molecular weight is 389 g/mol. The molecule has 3 nitrogen and oxygen atoms in total. The number of benzene rings is 1. The van der Waals surface area contributed by atoms with E-state index in [1.807, 2.05) is 18.2 Å². The molecule has 0 bridgehead atoms. The number of ether oxygens (including phenoxy) is 2. The Kier molecular flexibility index (Phi) is 9.64. The van der Waals surface area contributed by atoms with Crippen molar-refractivity contribution in [3.63, 3.8) is 0 Å². The maximum atomic E-state index is 11.7. The highest BCUT2D eigenvalue weighted by molar-refractivity contribution is 9.10. The Hall–Kier alpha value is -0.680. The van der Waals surface area contributed by atoms with Crippen LogP contribution in [0.2, 0.25) is 0 Å². The highest BCUT2D eigenvalue weighted by Crippen LogP contribution is 2.28. The van der Waals surface area contributed by atoms with Crippen LogP contribution in [0.1, 0.15) is 39.5 Å². The zero-order valence-corrected chi connectivity index (χ0v) is 16.0. The predicted molar refractivity (Wildman–Crippen MR) is 95.7 cm³/mol. The van der Waals surface area contributed by atoms with Crippen molar-refractivity contribution in [2.24, 2.45) is 5.92 Å². The summed E-state index contributed by atoms with van der Waals surface area (Å²) in [6, 6.07) is 5.90. The van der Waals surface area contributed by atoms with Crippen LogP contribution < -0.4 is 4.74 Å². The Morgan fingerprint density at radius 2 is 2.14 bits per heavy atom. The van der Waals surface area contributed by atoms with Gasteiger partial charge in [-0.05, 0) is 30.5 Å². The van der Waals surface area contributed by atoms with Crippen molar-refractivity contribution in [1.29, 1.82) is 0 Å². The lowest BCUT2D eigenvalue weighted by molar-refractivity contribution is -0.144. The van der Waals surface area contributed by atoms with Gasteiger partial charge in [0, 0.05) is 15.1 Å². The van der Waals surface area contributed by atoms with Gasteiger partial charge in [-0.2, -0.15) is 0 Å². The van der Waals surface area contributed by atoms with Gasteiger partial charge in [-0.3, -0.25) is 4.79 Å². The van der Waals surface area contributed by atoms with Gasteiger partial charge in [0.15, 0.2) is 0 Å². The molecule has 0 saturated heterocycles. The first-order valence-electron chi connectivity index (χ1n) is 7.68. The third kappa shape index (κ3) is 8.08. The zero-order valence-electron chi connectivity index (χ0n) is 13.6. The molecular weight excluding hydrogens is 364 g/mol. The molecule has 1 rings (SSSR count). The molecule has 0 heterocycles. The summed E-state index contributed by atoms with van der Waals surface area (Å²) in [6.45, 7) is 4.84. The molecule has 0 N–H and O–H groups in total. The number of thioether (sulfide) groups is 1. The maximum absolute atomic E-state index is 11.7. The molecule has 5 heteroatoms. The van der Waals surface area contributed by atoms with Gasteiger partial charge < -0.3 is 9.47 Å². The summed E-state index contributed by atoms with van der Waals surface area (Å²) in [5.41, 5.74) is 0. The zero-order chi connectivity index (χ0) is 16.4. The second-order valence-corrected chi connectivity index (χ2v) is 7.44. The fraction of sp³-hybridized carbons (Fsp3) is 0.588. The third-order valence-electron chi connectivity index (χ3n) is 3.23. The molecule has 1 aromatic rings. The quantitative estimate of drug-likeness (QED) is 0.401. The first-order valence-corrected chi connectivity index (χ1v) is 9.46. The van der Waals surface area contributed by atoms with Crippen molar-refractivity contribution in [2.75, 3.05) is 19.5 Å². The number of carbonyl (C=O) groups is 1. The van der Waals surface area contributed by atoms with Crippen molar-refractivity contribution >= 4 is 33.7 Å². The number of carbonyl (C=O) groups excluding carboxylic acids is 1. The van der Waals surface area contributed by atoms with E-state index in [4.69, 9.17) is 9.47 Å². The Balaban J connectivity index is 2.26. The Morgan fingerprint density at radius 3 is 2.82 bits per heavy atom. The van der Waals surface area contributed by atoms with Crippen LogP contribution >= 0.6 is 27.7 Å². The van der Waals surface area contributed by atoms with E-state index in [9.17, 15) is 4.79 Å². The van der Waals surface area contributed by atoms with E-state index in [0.717, 1.165) is 21.5 Å². The third-order valence-corrected chi connectivity index (χ3v) is 4.67. The van der Waals surface area contributed by atoms with Gasteiger partial charge in [-0.15, -0.1) is 11.8 Å². The molecule has 0 aromatic heterocycles. The van der Waals surface area contributed by atoms with Crippen molar-refractivity contribution in [1.82, 2.24) is 0 Å². The van der Waals surface area contributed by atoms with E-state index < -0.39 is 0 Å². The number of hydrogen-bond acceptors (Lipinski definition) is 4. The van der Waals surface area contributed by atoms with Crippen molar-refractivity contribution < 1.29 is 14.3 Å². The number of esters is 1. The van der Waals surface area contributed by atoms with Crippen molar-refractivity contribution in [3.05, 3.63) is 22.7 Å². The molecular formula is C17H25BrO3S. The maximum Gasteiger partial charge on any atom is 0.306 e. The topological polar surface area (TPSA) is 35.5 Å². The second-order valence-electron chi connectivity index (χ2n) is 5.36. The lowest BCUT2D eigenvalue weighted by atomic mass is 10.1. The summed E-state index contributed by atoms with van der Waals surface area (Å²) < 4.78 is 11.5. The molecule has 0 spiro atoms. The molecule has 0 saturated carbocycles. The van der Waals surface area contributed by atoms with Crippen molar-refractivity contribution in [3.8, 4) is 5.75 Å². The van der Waals surface area contributed by atoms with Crippen LogP contribution in [0, 0.1) is 5.92 Å². The van der Waals surface area contributed by atoms with Gasteiger partial charge in [-0.1, -0.05) is 42.6 Å². The van der Waals surface area contributed by atoms with Crippen LogP contribution in [0.3, 0.4) is 0 Å². The molecule has 0 amide bonds. The van der Waals surface area contributed by atoms with Crippen LogP contribution in [-0.4, -0.2) is 25.4 Å². The van der Waals surface area contributed by atoms with Gasteiger partial charge in [0.05, 0.1) is 20.1 Å². The molecule has 22 heavy (non-hydrogen) atoms. The fourth-order valence-electron chi connectivity index (χ4n) is 1.93. The lowest BCUT2D eigenvalue weighted by Gasteiger charge is -2.11. The standard InChI is InChI=1S/C17H25BrO3S/c1-4-5-6-13(2)12-21-17(19)7-8-22-16-10-14(18)9-15(11-16)20-3/h9-11,13H,4-8,12H2,1-3H3. The first kappa shape index (κ1) is 19.4. The van der Waals surface area contributed by atoms with Crippen LogP contribution in [-0.2, 0) is 9.53 Å². The molecule has 0 radical (unpaired) electrons. The molecule has 124 valence electrons. The van der Waals surface area contributed by atoms with Gasteiger partial charge >= 0.3 is 5.97 Å². The van der Waals surface area contributed by atoms with Crippen LogP contribution in [0.25, 0.3) is 0 Å². The number of methoxy groups -OCH3 is 1. The van der Waals surface area contributed by atoms with E-state index >= 15 is 0 Å². The normalized spacial score (nSPS) is 12.0. The molecule has 0 aliphatic rings. The highest BCUT2D eigenvalue weighted by atomic mass is 79.9. The summed E-state index contributed by atoms with van der Waals surface area (Å²) >= 11 is 5.08. The molecule has 0 fully saturated rings. The van der Waals surface area contributed by atoms with Crippen LogP contribution in [0.15, 0.2) is 27.6 Å². The van der Waals surface area contributed by atoms with Gasteiger partial charge in [0.25, 0.3) is 0 Å². The lowest BCUT2D eigenvalue weighted by Crippen LogP contribution is -2.12. The molecule has 1 aromatic carbocycles. The van der Waals surface area contributed by atoms with Crippen LogP contribution in [0.5, 0.6) is 5.75 Å². The minimum absolute atomic E-state index is 0.113. The van der Waals surface area contributed by atoms with Gasteiger partial charge in [-0.25, -0.2) is 0 Å². The summed E-state index contributed by atoms with van der Waals surface area (Å²) in [5.74, 6) is 1.86. The number of rotatable bonds is 10. The first-order chi connectivity index (χ1) is 10.5. The Bertz CT molecular complexity index is 465. The van der Waals surface area contributed by atoms with Gasteiger partial charge in [0.2, 0.25) is 0 Å². The summed E-state index contributed by atoms with van der Waals surface area (Å²) in [5, 5.41) is 0. The van der Waals surface area contributed by atoms with Crippen molar-refractivity contribution in [2.45, 2.75) is 44.4 Å². The highest BCUT2D eigenvalue weighted by Gasteiger charge is 2.08. The number of halogens is 1. The van der Waals surface area contributed by atoms with E-state index in [1.165, 1.54) is 12.8 Å². The van der Waals surface area contributed by atoms with Gasteiger partial charge in [0.1, 0.15) is 5.75 Å². The summed E-state index contributed by atoms with van der Waals surface area (Å²) in [4.78, 5) is 12.8. The SMILES string of the molecule is CCCCC(C)COC(=O)CCSc1cc(Br)cc(OC)c1. The fourth-order valence-corrected chi connectivity index (χ4v) is 3.47. The van der Waals surface area contributed by atoms with E-state index in [1.54, 1.807) is 18.9 Å². The predicted octanol–water partition coefficient (Wildman–Crippen LogP) is 5.31. The number of unbranched alkanes of at least 4 members (excludes halogenated alkanes) is 1. The van der Waals surface area contributed by atoms with E-state index in [0.29, 0.717) is 24.7 Å². The molecule has 1 atom stereocenters. The monoisotopic (exact) mass is 388 g/mol. The Labute approximate surface area is 146 Å². The van der Waals surface area contributed by atoms with Crippen LogP contribution in [0.4, 0.5) is 0 Å². The number of hydrogen-bond donors (Lipinski definition) is 0. The average Bonchev–Trinajstić information content (AvgIpc) is 2.50. The smallest absolute Gasteiger partial charge is 0.306 e. The summed E-state index contributed by atoms with van der Waals surface area (Å²) in [6.07, 6.45) is 3.93. The Morgan fingerprint density at radius 1 is 1.36 bits per heavy atom. The summed E-state index contributed by atoms with van der Waals surface area (Å²) in [7, 11) is 1.65. The van der Waals surface area contributed by atoms with E-state index in [2.05, 4.69) is 29.8 Å². The second kappa shape index (κ2) is 10.9. The molecule has 0 aliphatic carbocycles. The molecule has 1 unspecified atom stereocenters. The minimum Gasteiger partial charge on any atom is -0.497 e. The molecule has 0 aliphatic heterocycles. The van der Waals surface area contributed by atoms with E-state index in [-0.39, 0.29) is 5.97 Å². The minimum atomic E-state index is -0.113.